The second-order valence-corrected chi connectivity index (χ2v) is 7.29. The number of amides is 1. The van der Waals surface area contributed by atoms with Crippen LogP contribution >= 0.6 is 0 Å². The largest absolute Gasteiger partial charge is 0.489 e. The number of nitrogens with one attached hydrogen (secondary N) is 2. The molecule has 2 N–H and O–H groups in total. The zero-order valence-electron chi connectivity index (χ0n) is 17.5. The van der Waals surface area contributed by atoms with E-state index in [-0.39, 0.29) is 24.3 Å². The van der Waals surface area contributed by atoms with Gasteiger partial charge in [-0.3, -0.25) is 4.79 Å². The van der Waals surface area contributed by atoms with Crippen LogP contribution in [0.2, 0.25) is 0 Å². The SMILES string of the molecule is CCC[C@H](COc1c(C(=O)NCc2ccc(F)cc2)n(C)c2ccc(F)cc12)NC. The third-order valence-corrected chi connectivity index (χ3v) is 5.17. The number of carbonyl (C=O) groups is 1. The van der Waals surface area contributed by atoms with Crippen molar-refractivity contribution >= 4 is 16.8 Å². The van der Waals surface area contributed by atoms with Crippen LogP contribution in [0.25, 0.3) is 10.9 Å². The number of fused-ring (bicyclic) bond motifs is 1. The van der Waals surface area contributed by atoms with Crippen LogP contribution in [0.3, 0.4) is 0 Å². The number of hydrogen-bond donors (Lipinski definition) is 2. The van der Waals surface area contributed by atoms with Crippen molar-refractivity contribution in [3.05, 3.63) is 65.4 Å². The number of benzene rings is 2. The molecule has 1 heterocycles. The molecule has 0 saturated carbocycles. The minimum atomic E-state index is -0.394. The smallest absolute Gasteiger partial charge is 0.272 e. The summed E-state index contributed by atoms with van der Waals surface area (Å²) < 4.78 is 34.8. The van der Waals surface area contributed by atoms with Gasteiger partial charge in [-0.25, -0.2) is 8.78 Å². The lowest BCUT2D eigenvalue weighted by atomic mass is 10.2. The van der Waals surface area contributed by atoms with Gasteiger partial charge in [-0.2, -0.15) is 0 Å². The van der Waals surface area contributed by atoms with Gasteiger partial charge in [-0.15, -0.1) is 0 Å². The minimum Gasteiger partial charge on any atom is -0.489 e. The highest BCUT2D eigenvalue weighted by molar-refractivity contribution is 6.04. The van der Waals surface area contributed by atoms with Crippen molar-refractivity contribution in [2.45, 2.75) is 32.4 Å². The normalized spacial score (nSPS) is 12.2. The van der Waals surface area contributed by atoms with Crippen molar-refractivity contribution in [2.24, 2.45) is 7.05 Å². The molecule has 1 atom stereocenters. The molecule has 160 valence electrons. The van der Waals surface area contributed by atoms with Gasteiger partial charge in [0, 0.05) is 25.0 Å². The number of hydrogen-bond acceptors (Lipinski definition) is 3. The molecule has 3 rings (SSSR count). The molecule has 1 aromatic heterocycles. The summed E-state index contributed by atoms with van der Waals surface area (Å²) in [6.07, 6.45) is 1.91. The second-order valence-electron chi connectivity index (χ2n) is 7.29. The first-order valence-electron chi connectivity index (χ1n) is 10.0. The Bertz CT molecular complexity index is 1020. The van der Waals surface area contributed by atoms with Crippen LogP contribution in [-0.4, -0.2) is 30.2 Å². The zero-order chi connectivity index (χ0) is 21.7. The number of rotatable bonds is 9. The Kier molecular flexibility index (Phi) is 7.05. The van der Waals surface area contributed by atoms with Crippen LogP contribution in [0.4, 0.5) is 8.78 Å². The fourth-order valence-electron chi connectivity index (χ4n) is 3.50. The van der Waals surface area contributed by atoms with E-state index in [1.165, 1.54) is 24.3 Å². The monoisotopic (exact) mass is 415 g/mol. The van der Waals surface area contributed by atoms with Gasteiger partial charge < -0.3 is 19.9 Å². The Balaban J connectivity index is 1.90. The third kappa shape index (κ3) is 4.79. The molecule has 0 fully saturated rings. The summed E-state index contributed by atoms with van der Waals surface area (Å²) in [7, 11) is 3.62. The van der Waals surface area contributed by atoms with E-state index in [1.54, 1.807) is 29.8 Å². The van der Waals surface area contributed by atoms with E-state index in [1.807, 2.05) is 7.05 Å². The summed E-state index contributed by atoms with van der Waals surface area (Å²) in [5.74, 6) is -0.706. The number of aromatic nitrogens is 1. The molecule has 0 bridgehead atoms. The number of halogens is 2. The lowest BCUT2D eigenvalue weighted by molar-refractivity contribution is 0.0938. The lowest BCUT2D eigenvalue weighted by Gasteiger charge is -2.17. The number of nitrogens with zero attached hydrogens (tertiary/aromatic N) is 1. The molecule has 0 aliphatic heterocycles. The van der Waals surface area contributed by atoms with Crippen LogP contribution in [0.15, 0.2) is 42.5 Å². The van der Waals surface area contributed by atoms with E-state index in [0.717, 1.165) is 18.4 Å². The quantitative estimate of drug-likeness (QED) is 0.552. The summed E-state index contributed by atoms with van der Waals surface area (Å²) in [5.41, 5.74) is 1.80. The van der Waals surface area contributed by atoms with E-state index in [9.17, 15) is 13.6 Å². The molecule has 30 heavy (non-hydrogen) atoms. The highest BCUT2D eigenvalue weighted by Crippen LogP contribution is 2.33. The summed E-state index contributed by atoms with van der Waals surface area (Å²) in [6, 6.07) is 10.4. The van der Waals surface area contributed by atoms with Crippen LogP contribution in [0.5, 0.6) is 5.75 Å². The fourth-order valence-corrected chi connectivity index (χ4v) is 3.50. The summed E-state index contributed by atoms with van der Waals surface area (Å²) in [6.45, 7) is 2.69. The zero-order valence-corrected chi connectivity index (χ0v) is 17.5. The van der Waals surface area contributed by atoms with Crippen LogP contribution < -0.4 is 15.4 Å². The van der Waals surface area contributed by atoms with E-state index < -0.39 is 5.82 Å². The van der Waals surface area contributed by atoms with Crippen molar-refractivity contribution in [3.63, 3.8) is 0 Å². The maximum absolute atomic E-state index is 13.9. The molecule has 3 aromatic rings. The Labute approximate surface area is 175 Å². The van der Waals surface area contributed by atoms with Crippen molar-refractivity contribution in [3.8, 4) is 5.75 Å². The summed E-state index contributed by atoms with van der Waals surface area (Å²) >= 11 is 0. The highest BCUT2D eigenvalue weighted by atomic mass is 19.1. The Hall–Kier alpha value is -2.93. The molecule has 0 unspecified atom stereocenters. The van der Waals surface area contributed by atoms with Crippen molar-refractivity contribution < 1.29 is 18.3 Å². The van der Waals surface area contributed by atoms with Gasteiger partial charge >= 0.3 is 0 Å². The predicted octanol–water partition coefficient (Wildman–Crippen LogP) is 4.15. The van der Waals surface area contributed by atoms with Crippen LogP contribution in [0.1, 0.15) is 35.8 Å². The van der Waals surface area contributed by atoms with Gasteiger partial charge in [-0.1, -0.05) is 25.5 Å². The average molecular weight is 415 g/mol. The fraction of sp³-hybridized carbons (Fsp3) is 0.348. The topological polar surface area (TPSA) is 55.3 Å². The first-order valence-corrected chi connectivity index (χ1v) is 10.0. The van der Waals surface area contributed by atoms with Crippen LogP contribution in [0, 0.1) is 11.6 Å². The van der Waals surface area contributed by atoms with Crippen molar-refractivity contribution in [1.82, 2.24) is 15.2 Å². The standard InChI is InChI=1S/C23H27F2N3O2/c1-4-5-18(26-2)14-30-22-19-12-17(25)10-11-20(19)28(3)21(22)23(29)27-13-15-6-8-16(24)9-7-15/h6-12,18,26H,4-5,13-14H2,1-3H3,(H,27,29)/t18-/m1/s1. The third-order valence-electron chi connectivity index (χ3n) is 5.17. The number of carbonyl (C=O) groups excluding carboxylic acids is 1. The van der Waals surface area contributed by atoms with Gasteiger partial charge in [0.1, 0.15) is 18.2 Å². The average Bonchev–Trinajstić information content (AvgIpc) is 3.01. The maximum atomic E-state index is 13.9. The first kappa shape index (κ1) is 21.8. The molecule has 2 aromatic carbocycles. The second kappa shape index (κ2) is 9.71. The Morgan fingerprint density at radius 1 is 1.13 bits per heavy atom. The maximum Gasteiger partial charge on any atom is 0.272 e. The first-order chi connectivity index (χ1) is 14.4. The number of ether oxygens (including phenoxy) is 1. The lowest BCUT2D eigenvalue weighted by Crippen LogP contribution is -2.32. The molecule has 0 saturated heterocycles. The molecule has 0 aliphatic rings. The van der Waals surface area contributed by atoms with E-state index >= 15 is 0 Å². The van der Waals surface area contributed by atoms with E-state index in [4.69, 9.17) is 4.74 Å². The van der Waals surface area contributed by atoms with E-state index in [2.05, 4.69) is 17.6 Å². The molecule has 7 heteroatoms. The van der Waals surface area contributed by atoms with Crippen LogP contribution in [-0.2, 0) is 13.6 Å². The molecule has 0 aliphatic carbocycles. The Morgan fingerprint density at radius 3 is 2.50 bits per heavy atom. The Morgan fingerprint density at radius 2 is 1.83 bits per heavy atom. The van der Waals surface area contributed by atoms with E-state index in [0.29, 0.717) is 29.0 Å². The van der Waals surface area contributed by atoms with Crippen molar-refractivity contribution in [1.29, 1.82) is 0 Å². The number of likely N-dealkylation sites (N-methyl/N-ethyl adjacent to an activating group) is 1. The predicted molar refractivity (Wildman–Crippen MR) is 114 cm³/mol. The molecular formula is C23H27F2N3O2. The van der Waals surface area contributed by atoms with Crippen molar-refractivity contribution in [2.75, 3.05) is 13.7 Å². The van der Waals surface area contributed by atoms with Gasteiger partial charge in [0.25, 0.3) is 5.91 Å². The van der Waals surface area contributed by atoms with Gasteiger partial charge in [0.15, 0.2) is 11.4 Å². The van der Waals surface area contributed by atoms with Gasteiger partial charge in [-0.05, 0) is 49.4 Å². The molecule has 1 amide bonds. The van der Waals surface area contributed by atoms with Gasteiger partial charge in [0.05, 0.1) is 5.52 Å². The summed E-state index contributed by atoms with van der Waals surface area (Å²) in [5, 5.41) is 6.60. The molecule has 5 nitrogen and oxygen atoms in total. The minimum absolute atomic E-state index is 0.119. The van der Waals surface area contributed by atoms with Gasteiger partial charge in [0.2, 0.25) is 0 Å². The number of aryl methyl sites for hydroxylation is 1. The molecule has 0 spiro atoms. The molecular weight excluding hydrogens is 388 g/mol. The summed E-state index contributed by atoms with van der Waals surface area (Å²) in [4.78, 5) is 13.0. The molecule has 0 radical (unpaired) electrons. The highest BCUT2D eigenvalue weighted by Gasteiger charge is 2.23.